The topological polar surface area (TPSA) is 55.2 Å². The third-order valence-corrected chi connectivity index (χ3v) is 5.17. The van der Waals surface area contributed by atoms with Crippen LogP contribution < -0.4 is 5.56 Å². The van der Waals surface area contributed by atoms with Crippen LogP contribution >= 0.6 is 11.8 Å². The van der Waals surface area contributed by atoms with Gasteiger partial charge in [0, 0.05) is 37.1 Å². The summed E-state index contributed by atoms with van der Waals surface area (Å²) in [5.41, 5.74) is 0.624. The molecule has 1 aromatic heterocycles. The molecule has 1 fully saturated rings. The predicted molar refractivity (Wildman–Crippen MR) is 77.9 cm³/mol. The van der Waals surface area contributed by atoms with E-state index in [1.807, 2.05) is 4.90 Å². The van der Waals surface area contributed by atoms with Gasteiger partial charge in [0.2, 0.25) is 5.91 Å². The number of aromatic nitrogens is 2. The normalized spacial score (nSPS) is 22.4. The quantitative estimate of drug-likeness (QED) is 0.732. The fourth-order valence-electron chi connectivity index (χ4n) is 2.82. The molecule has 3 heterocycles. The second kappa shape index (κ2) is 5.60. The van der Waals surface area contributed by atoms with Crippen molar-refractivity contribution >= 4 is 17.7 Å². The summed E-state index contributed by atoms with van der Waals surface area (Å²) in [4.78, 5) is 30.9. The molecule has 1 unspecified atom stereocenters. The molecule has 0 aliphatic carbocycles. The summed E-state index contributed by atoms with van der Waals surface area (Å²) < 4.78 is 1.66. The third kappa shape index (κ3) is 2.49. The van der Waals surface area contributed by atoms with Crippen LogP contribution in [0.5, 0.6) is 0 Å². The zero-order chi connectivity index (χ0) is 14.1. The van der Waals surface area contributed by atoms with Gasteiger partial charge < -0.3 is 4.90 Å². The second-order valence-electron chi connectivity index (χ2n) is 5.53. The van der Waals surface area contributed by atoms with Gasteiger partial charge >= 0.3 is 0 Å². The minimum absolute atomic E-state index is 0.0151. The van der Waals surface area contributed by atoms with Crippen LogP contribution in [0.25, 0.3) is 0 Å². The molecule has 108 valence electrons. The highest BCUT2D eigenvalue weighted by Crippen LogP contribution is 2.26. The number of aryl methyl sites for hydroxylation is 1. The van der Waals surface area contributed by atoms with Crippen LogP contribution in [-0.4, -0.2) is 39.2 Å². The zero-order valence-electron chi connectivity index (χ0n) is 11.7. The molecule has 0 spiro atoms. The lowest BCUT2D eigenvalue weighted by Crippen LogP contribution is -2.44. The van der Waals surface area contributed by atoms with Crippen molar-refractivity contribution in [3.05, 3.63) is 22.1 Å². The molecule has 20 heavy (non-hydrogen) atoms. The molecule has 0 bridgehead atoms. The van der Waals surface area contributed by atoms with Gasteiger partial charge in [0.05, 0.1) is 5.92 Å². The number of hydrogen-bond donors (Lipinski definition) is 0. The van der Waals surface area contributed by atoms with Crippen molar-refractivity contribution in [1.82, 2.24) is 14.5 Å². The Bertz CT molecular complexity index is 578. The fourth-order valence-corrected chi connectivity index (χ4v) is 3.86. The molecule has 2 aliphatic rings. The molecule has 0 aromatic carbocycles. The smallest absolute Gasteiger partial charge is 0.257 e. The molecular weight excluding hydrogens is 274 g/mol. The SMILES string of the molecule is Cc1cnc2n(c1=O)CC(C(=O)N1CCCCC1)CS2. The number of nitrogens with zero attached hydrogens (tertiary/aromatic N) is 3. The lowest BCUT2D eigenvalue weighted by Gasteiger charge is -2.32. The van der Waals surface area contributed by atoms with E-state index in [1.165, 1.54) is 18.2 Å². The van der Waals surface area contributed by atoms with Crippen LogP contribution in [0.4, 0.5) is 0 Å². The lowest BCUT2D eigenvalue weighted by atomic mass is 10.1. The van der Waals surface area contributed by atoms with Crippen LogP contribution in [0.15, 0.2) is 16.1 Å². The maximum atomic E-state index is 12.5. The number of thioether (sulfide) groups is 1. The largest absolute Gasteiger partial charge is 0.342 e. The Balaban J connectivity index is 1.79. The number of carbonyl (C=O) groups is 1. The first kappa shape index (κ1) is 13.7. The Kier molecular flexibility index (Phi) is 3.83. The minimum Gasteiger partial charge on any atom is -0.342 e. The van der Waals surface area contributed by atoms with Gasteiger partial charge in [-0.25, -0.2) is 4.98 Å². The Hall–Kier alpha value is -1.30. The van der Waals surface area contributed by atoms with Crippen molar-refractivity contribution in [2.75, 3.05) is 18.8 Å². The average molecular weight is 293 g/mol. The van der Waals surface area contributed by atoms with E-state index in [2.05, 4.69) is 4.98 Å². The number of amides is 1. The van der Waals surface area contributed by atoms with Crippen molar-refractivity contribution in [2.45, 2.75) is 37.9 Å². The molecular formula is C14H19N3O2S. The number of likely N-dealkylation sites (tertiary alicyclic amines) is 1. The summed E-state index contributed by atoms with van der Waals surface area (Å²) in [5.74, 6) is 0.841. The first-order valence-electron chi connectivity index (χ1n) is 7.15. The highest BCUT2D eigenvalue weighted by atomic mass is 32.2. The Morgan fingerprint density at radius 1 is 1.35 bits per heavy atom. The monoisotopic (exact) mass is 293 g/mol. The summed E-state index contributed by atoms with van der Waals surface area (Å²) in [5, 5.41) is 0.739. The van der Waals surface area contributed by atoms with E-state index in [9.17, 15) is 9.59 Å². The summed E-state index contributed by atoms with van der Waals surface area (Å²) >= 11 is 1.52. The van der Waals surface area contributed by atoms with Gasteiger partial charge in [-0.3, -0.25) is 14.2 Å². The summed E-state index contributed by atoms with van der Waals surface area (Å²) in [6, 6.07) is 0. The molecule has 1 saturated heterocycles. The van der Waals surface area contributed by atoms with Gasteiger partial charge in [-0.05, 0) is 26.2 Å². The number of hydrogen-bond acceptors (Lipinski definition) is 4. The summed E-state index contributed by atoms with van der Waals surface area (Å²) in [6.07, 6.45) is 5.04. The first-order chi connectivity index (χ1) is 9.66. The van der Waals surface area contributed by atoms with E-state index >= 15 is 0 Å². The van der Waals surface area contributed by atoms with Crippen molar-refractivity contribution in [2.24, 2.45) is 5.92 Å². The second-order valence-corrected chi connectivity index (χ2v) is 6.52. The number of carbonyl (C=O) groups excluding carboxylic acids is 1. The van der Waals surface area contributed by atoms with Crippen LogP contribution in [0.3, 0.4) is 0 Å². The van der Waals surface area contributed by atoms with Gasteiger partial charge in [-0.1, -0.05) is 11.8 Å². The Morgan fingerprint density at radius 3 is 2.85 bits per heavy atom. The molecule has 6 heteroatoms. The molecule has 2 aliphatic heterocycles. The molecule has 0 N–H and O–H groups in total. The average Bonchev–Trinajstić information content (AvgIpc) is 2.51. The van der Waals surface area contributed by atoms with Gasteiger partial charge in [-0.15, -0.1) is 0 Å². The van der Waals surface area contributed by atoms with Crippen LogP contribution in [0.2, 0.25) is 0 Å². The van der Waals surface area contributed by atoms with Crippen molar-refractivity contribution < 1.29 is 4.79 Å². The molecule has 1 aromatic rings. The third-order valence-electron chi connectivity index (χ3n) is 4.02. The Labute approximate surface area is 122 Å². The molecule has 0 saturated carbocycles. The van der Waals surface area contributed by atoms with Crippen molar-refractivity contribution in [3.63, 3.8) is 0 Å². The summed E-state index contributed by atoms with van der Waals surface area (Å²) in [6.45, 7) is 3.98. The van der Waals surface area contributed by atoms with E-state index < -0.39 is 0 Å². The van der Waals surface area contributed by atoms with Gasteiger partial charge in [0.25, 0.3) is 5.56 Å². The number of rotatable bonds is 1. The number of piperidine rings is 1. The van der Waals surface area contributed by atoms with E-state index in [1.54, 1.807) is 17.7 Å². The van der Waals surface area contributed by atoms with E-state index in [4.69, 9.17) is 0 Å². The van der Waals surface area contributed by atoms with Crippen LogP contribution in [0.1, 0.15) is 24.8 Å². The van der Waals surface area contributed by atoms with E-state index in [-0.39, 0.29) is 17.4 Å². The number of fused-ring (bicyclic) bond motifs is 1. The maximum Gasteiger partial charge on any atom is 0.257 e. The standard InChI is InChI=1S/C14H19N3O2S/c1-10-7-15-14-17(12(10)18)8-11(9-20-14)13(19)16-5-3-2-4-6-16/h7,11H,2-6,8-9H2,1H3. The zero-order valence-corrected chi connectivity index (χ0v) is 12.5. The molecule has 0 radical (unpaired) electrons. The minimum atomic E-state index is -0.0908. The lowest BCUT2D eigenvalue weighted by molar-refractivity contribution is -0.136. The van der Waals surface area contributed by atoms with E-state index in [0.717, 1.165) is 36.8 Å². The van der Waals surface area contributed by atoms with Crippen LogP contribution in [-0.2, 0) is 11.3 Å². The molecule has 1 atom stereocenters. The Morgan fingerprint density at radius 2 is 2.10 bits per heavy atom. The highest BCUT2D eigenvalue weighted by molar-refractivity contribution is 7.99. The maximum absolute atomic E-state index is 12.5. The predicted octanol–water partition coefficient (Wildman–Crippen LogP) is 1.29. The summed E-state index contributed by atoms with van der Waals surface area (Å²) in [7, 11) is 0. The highest BCUT2D eigenvalue weighted by Gasteiger charge is 2.30. The van der Waals surface area contributed by atoms with Crippen molar-refractivity contribution in [3.8, 4) is 0 Å². The van der Waals surface area contributed by atoms with Gasteiger partial charge in [0.15, 0.2) is 5.16 Å². The van der Waals surface area contributed by atoms with Gasteiger partial charge in [0.1, 0.15) is 0 Å². The van der Waals surface area contributed by atoms with Crippen LogP contribution in [0, 0.1) is 12.8 Å². The fraction of sp³-hybridized carbons (Fsp3) is 0.643. The van der Waals surface area contributed by atoms with Crippen molar-refractivity contribution in [1.29, 1.82) is 0 Å². The molecule has 1 amide bonds. The first-order valence-corrected chi connectivity index (χ1v) is 8.13. The van der Waals surface area contributed by atoms with E-state index in [0.29, 0.717) is 12.1 Å². The molecule has 3 rings (SSSR count). The van der Waals surface area contributed by atoms with Gasteiger partial charge in [-0.2, -0.15) is 0 Å². The molecule has 5 nitrogen and oxygen atoms in total.